The van der Waals surface area contributed by atoms with Crippen LogP contribution in [0.1, 0.15) is 40.3 Å². The van der Waals surface area contributed by atoms with Crippen LogP contribution in [0.4, 0.5) is 5.13 Å². The van der Waals surface area contributed by atoms with Crippen molar-refractivity contribution >= 4 is 28.3 Å². The number of aryl methyl sites for hydroxylation is 3. The van der Waals surface area contributed by atoms with Crippen LogP contribution in [-0.2, 0) is 4.79 Å². The first-order chi connectivity index (χ1) is 13.3. The second-order valence-electron chi connectivity index (χ2n) is 6.83. The van der Waals surface area contributed by atoms with Crippen molar-refractivity contribution in [1.82, 2.24) is 14.8 Å². The van der Waals surface area contributed by atoms with Gasteiger partial charge in [0.15, 0.2) is 5.13 Å². The van der Waals surface area contributed by atoms with Crippen molar-refractivity contribution in [3.8, 4) is 0 Å². The smallest absolute Gasteiger partial charge is 0.254 e. The first-order valence-corrected chi connectivity index (χ1v) is 10.5. The second kappa shape index (κ2) is 10.3. The molecule has 6 nitrogen and oxygen atoms in total. The number of aromatic nitrogens is 1. The molecule has 0 fully saturated rings. The molecule has 0 radical (unpaired) electrons. The van der Waals surface area contributed by atoms with Gasteiger partial charge >= 0.3 is 0 Å². The van der Waals surface area contributed by atoms with Gasteiger partial charge in [0.25, 0.3) is 5.91 Å². The average Bonchev–Trinajstić information content (AvgIpc) is 2.97. The number of nitrogens with zero attached hydrogens (tertiary/aromatic N) is 3. The van der Waals surface area contributed by atoms with Crippen LogP contribution < -0.4 is 5.32 Å². The second-order valence-corrected chi connectivity index (χ2v) is 8.04. The molecule has 1 aromatic heterocycles. The monoisotopic (exact) mass is 402 g/mol. The van der Waals surface area contributed by atoms with Crippen molar-refractivity contribution in [3.05, 3.63) is 46.0 Å². The number of nitrogens with one attached hydrogen (secondary N) is 1. The van der Waals surface area contributed by atoms with Crippen molar-refractivity contribution in [2.24, 2.45) is 0 Å². The highest BCUT2D eigenvalue weighted by atomic mass is 32.1. The summed E-state index contributed by atoms with van der Waals surface area (Å²) in [6.45, 7) is 13.1. The van der Waals surface area contributed by atoms with E-state index in [-0.39, 0.29) is 18.4 Å². The van der Waals surface area contributed by atoms with E-state index in [2.05, 4.69) is 29.0 Å². The predicted molar refractivity (Wildman–Crippen MR) is 115 cm³/mol. The van der Waals surface area contributed by atoms with Gasteiger partial charge in [-0.05, 0) is 46.0 Å². The van der Waals surface area contributed by atoms with Gasteiger partial charge in [-0.1, -0.05) is 31.5 Å². The molecule has 0 bridgehead atoms. The lowest BCUT2D eigenvalue weighted by atomic mass is 10.1. The first kappa shape index (κ1) is 22.0. The molecular weight excluding hydrogens is 372 g/mol. The maximum atomic E-state index is 13.0. The SMILES string of the molecule is CCN(CC)CCN(CC(=O)Nc1nc(C)c(C)s1)C(=O)c1cccc(C)c1. The minimum absolute atomic E-state index is 0.00567. The molecule has 0 atom stereocenters. The maximum absolute atomic E-state index is 13.0. The number of hydrogen-bond donors (Lipinski definition) is 1. The molecule has 28 heavy (non-hydrogen) atoms. The number of rotatable bonds is 9. The van der Waals surface area contributed by atoms with Crippen molar-refractivity contribution in [1.29, 1.82) is 0 Å². The van der Waals surface area contributed by atoms with Crippen LogP contribution >= 0.6 is 11.3 Å². The molecule has 1 aromatic carbocycles. The molecule has 1 N–H and O–H groups in total. The van der Waals surface area contributed by atoms with E-state index < -0.39 is 0 Å². The molecule has 0 saturated carbocycles. The van der Waals surface area contributed by atoms with Crippen LogP contribution in [-0.4, -0.2) is 59.3 Å². The summed E-state index contributed by atoms with van der Waals surface area (Å²) in [4.78, 5) is 34.9. The summed E-state index contributed by atoms with van der Waals surface area (Å²) in [5.74, 6) is -0.355. The Morgan fingerprint density at radius 2 is 1.82 bits per heavy atom. The lowest BCUT2D eigenvalue weighted by Gasteiger charge is -2.26. The summed E-state index contributed by atoms with van der Waals surface area (Å²) >= 11 is 1.45. The Morgan fingerprint density at radius 1 is 1.11 bits per heavy atom. The van der Waals surface area contributed by atoms with Gasteiger partial charge in [-0.25, -0.2) is 4.98 Å². The van der Waals surface area contributed by atoms with E-state index in [1.54, 1.807) is 11.0 Å². The Bertz CT molecular complexity index is 795. The largest absolute Gasteiger partial charge is 0.328 e. The zero-order chi connectivity index (χ0) is 20.7. The Labute approximate surface area is 171 Å². The molecule has 0 aliphatic carbocycles. The van der Waals surface area contributed by atoms with Crippen LogP contribution in [0.25, 0.3) is 0 Å². The number of amides is 2. The van der Waals surface area contributed by atoms with Crippen LogP contribution in [0.5, 0.6) is 0 Å². The highest BCUT2D eigenvalue weighted by molar-refractivity contribution is 7.15. The molecular formula is C21H30N4O2S. The molecule has 2 rings (SSSR count). The number of thiazole rings is 1. The summed E-state index contributed by atoms with van der Waals surface area (Å²) < 4.78 is 0. The number of likely N-dealkylation sites (N-methyl/N-ethyl adjacent to an activating group) is 1. The van der Waals surface area contributed by atoms with E-state index in [0.717, 1.165) is 35.8 Å². The van der Waals surface area contributed by atoms with Crippen LogP contribution in [0, 0.1) is 20.8 Å². The maximum Gasteiger partial charge on any atom is 0.254 e. The molecule has 152 valence electrons. The summed E-state index contributed by atoms with van der Waals surface area (Å²) in [6, 6.07) is 7.48. The van der Waals surface area contributed by atoms with Gasteiger partial charge in [0.05, 0.1) is 5.69 Å². The Balaban J connectivity index is 2.12. The van der Waals surface area contributed by atoms with E-state index in [1.807, 2.05) is 39.0 Å². The normalized spacial score (nSPS) is 10.9. The Hall–Kier alpha value is -2.25. The Morgan fingerprint density at radius 3 is 2.39 bits per heavy atom. The third kappa shape index (κ3) is 6.14. The molecule has 0 aliphatic rings. The zero-order valence-electron chi connectivity index (χ0n) is 17.4. The van der Waals surface area contributed by atoms with Gasteiger partial charge in [-0.15, -0.1) is 11.3 Å². The van der Waals surface area contributed by atoms with Gasteiger partial charge < -0.3 is 15.1 Å². The van der Waals surface area contributed by atoms with Crippen LogP contribution in [0.15, 0.2) is 24.3 Å². The van der Waals surface area contributed by atoms with E-state index in [1.165, 1.54) is 11.3 Å². The number of carbonyl (C=O) groups excluding carboxylic acids is 2. The highest BCUT2D eigenvalue weighted by Crippen LogP contribution is 2.21. The molecule has 2 aromatic rings. The quantitative estimate of drug-likeness (QED) is 0.697. The van der Waals surface area contributed by atoms with Crippen LogP contribution in [0.2, 0.25) is 0 Å². The summed E-state index contributed by atoms with van der Waals surface area (Å²) in [7, 11) is 0. The molecule has 0 unspecified atom stereocenters. The third-order valence-corrected chi connectivity index (χ3v) is 5.73. The standard InChI is InChI=1S/C21H30N4O2S/c1-6-24(7-2)11-12-25(20(27)18-10-8-9-15(3)13-18)14-19(26)23-21-22-16(4)17(5)28-21/h8-10,13H,6-7,11-12,14H2,1-5H3,(H,22,23,26). The molecule has 0 spiro atoms. The van der Waals surface area contributed by atoms with Gasteiger partial charge in [-0.3, -0.25) is 9.59 Å². The fraction of sp³-hybridized carbons (Fsp3) is 0.476. The molecule has 0 aliphatic heterocycles. The predicted octanol–water partition coefficient (Wildman–Crippen LogP) is 3.49. The van der Waals surface area contributed by atoms with Gasteiger partial charge in [0, 0.05) is 23.5 Å². The average molecular weight is 403 g/mol. The Kier molecular flexibility index (Phi) is 8.14. The summed E-state index contributed by atoms with van der Waals surface area (Å²) in [5, 5.41) is 3.40. The molecule has 0 saturated heterocycles. The van der Waals surface area contributed by atoms with Crippen molar-refractivity contribution in [3.63, 3.8) is 0 Å². The van der Waals surface area contributed by atoms with Crippen molar-refractivity contribution < 1.29 is 9.59 Å². The number of hydrogen-bond acceptors (Lipinski definition) is 5. The van der Waals surface area contributed by atoms with Gasteiger partial charge in [0.1, 0.15) is 6.54 Å². The van der Waals surface area contributed by atoms with Crippen molar-refractivity contribution in [2.45, 2.75) is 34.6 Å². The lowest BCUT2D eigenvalue weighted by Crippen LogP contribution is -2.42. The van der Waals surface area contributed by atoms with Gasteiger partial charge in [-0.2, -0.15) is 0 Å². The van der Waals surface area contributed by atoms with Crippen LogP contribution in [0.3, 0.4) is 0 Å². The van der Waals surface area contributed by atoms with Gasteiger partial charge in [0.2, 0.25) is 5.91 Å². The first-order valence-electron chi connectivity index (χ1n) is 9.66. The van der Waals surface area contributed by atoms with E-state index in [9.17, 15) is 9.59 Å². The molecule has 1 heterocycles. The number of benzene rings is 1. The van der Waals surface area contributed by atoms with Crippen molar-refractivity contribution in [2.75, 3.05) is 38.0 Å². The minimum Gasteiger partial charge on any atom is -0.328 e. The lowest BCUT2D eigenvalue weighted by molar-refractivity contribution is -0.116. The zero-order valence-corrected chi connectivity index (χ0v) is 18.2. The fourth-order valence-corrected chi connectivity index (χ4v) is 3.70. The van der Waals surface area contributed by atoms with E-state index in [4.69, 9.17) is 0 Å². The molecule has 2 amide bonds. The number of carbonyl (C=O) groups is 2. The number of anilines is 1. The topological polar surface area (TPSA) is 65.5 Å². The summed E-state index contributed by atoms with van der Waals surface area (Å²) in [6.07, 6.45) is 0. The minimum atomic E-state index is -0.227. The van der Waals surface area contributed by atoms with E-state index >= 15 is 0 Å². The third-order valence-electron chi connectivity index (χ3n) is 4.74. The fourth-order valence-electron chi connectivity index (χ4n) is 2.87. The highest BCUT2D eigenvalue weighted by Gasteiger charge is 2.20. The van der Waals surface area contributed by atoms with E-state index in [0.29, 0.717) is 17.2 Å². The molecule has 7 heteroatoms. The summed E-state index contributed by atoms with van der Waals surface area (Å²) in [5.41, 5.74) is 2.54.